The Balaban J connectivity index is 2.55. The van der Waals surface area contributed by atoms with E-state index >= 15 is 0 Å². The smallest absolute Gasteiger partial charge is 0.365 e. The molecule has 1 fully saturated rings. The van der Waals surface area contributed by atoms with Gasteiger partial charge in [-0.1, -0.05) is 6.92 Å². The van der Waals surface area contributed by atoms with Crippen LogP contribution in [0.25, 0.3) is 0 Å². The van der Waals surface area contributed by atoms with Gasteiger partial charge in [0.2, 0.25) is 0 Å². The second kappa shape index (κ2) is 5.34. The van der Waals surface area contributed by atoms with E-state index in [1.54, 1.807) is 27.7 Å². The summed E-state index contributed by atoms with van der Waals surface area (Å²) in [6.45, 7) is 6.66. The summed E-state index contributed by atoms with van der Waals surface area (Å²) in [6.07, 6.45) is -2.37. The van der Waals surface area contributed by atoms with Crippen LogP contribution in [0.15, 0.2) is 0 Å². The molecule has 1 heterocycles. The zero-order valence-corrected chi connectivity index (χ0v) is 10.8. The van der Waals surface area contributed by atoms with Crippen molar-refractivity contribution in [2.24, 2.45) is 0 Å². The molecule has 0 radical (unpaired) electrons. The Morgan fingerprint density at radius 3 is 2.50 bits per heavy atom. The lowest BCUT2D eigenvalue weighted by molar-refractivity contribution is -0.171. The number of nitrogens with one attached hydrogen (secondary N) is 1. The minimum absolute atomic E-state index is 0.128. The maximum Gasteiger partial charge on any atom is 0.365 e. The molecular weight excluding hydrogens is 242 g/mol. The predicted octanol–water partition coefficient (Wildman–Crippen LogP) is 0.0799. The van der Waals surface area contributed by atoms with Gasteiger partial charge in [0.15, 0.2) is 0 Å². The molecule has 7 heteroatoms. The molecule has 0 saturated carbocycles. The van der Waals surface area contributed by atoms with Crippen molar-refractivity contribution in [2.75, 3.05) is 0 Å². The van der Waals surface area contributed by atoms with Crippen LogP contribution in [0, 0.1) is 0 Å². The minimum atomic E-state index is -1.25. The molecule has 1 rings (SSSR count). The highest BCUT2D eigenvalue weighted by Crippen LogP contribution is 2.13. The van der Waals surface area contributed by atoms with E-state index in [-0.39, 0.29) is 6.42 Å². The molecule has 0 aromatic carbocycles. The quantitative estimate of drug-likeness (QED) is 0.567. The van der Waals surface area contributed by atoms with E-state index in [1.165, 1.54) is 0 Å². The van der Waals surface area contributed by atoms with Crippen molar-refractivity contribution in [1.29, 1.82) is 0 Å². The molecule has 0 aliphatic carbocycles. The Kier molecular flexibility index (Phi) is 4.28. The fourth-order valence-corrected chi connectivity index (χ4v) is 1.19. The molecule has 0 unspecified atom stereocenters. The molecule has 0 spiro atoms. The number of rotatable bonds is 3. The summed E-state index contributed by atoms with van der Waals surface area (Å²) in [5.74, 6) is -2.10. The van der Waals surface area contributed by atoms with Crippen molar-refractivity contribution in [3.63, 3.8) is 0 Å². The number of hydrogen-bond donors (Lipinski definition) is 1. The number of cyclic esters (lactones) is 1. The molecule has 1 saturated heterocycles. The fourth-order valence-electron chi connectivity index (χ4n) is 1.19. The summed E-state index contributed by atoms with van der Waals surface area (Å²) in [5, 5.41) is 2.44. The van der Waals surface area contributed by atoms with Gasteiger partial charge in [-0.15, -0.1) is 0 Å². The number of ether oxygens (including phenoxy) is 3. The number of carbonyl (C=O) groups excluding carboxylic acids is 3. The highest BCUT2D eigenvalue weighted by atomic mass is 16.7. The number of hydrogen-bond acceptors (Lipinski definition) is 7. The summed E-state index contributed by atoms with van der Waals surface area (Å²) < 4.78 is 14.5. The SMILES string of the molecule is CCC(=O)O[C@@H]1N[C@H](C(=O)OC(C)(C)C)OC1=O. The lowest BCUT2D eigenvalue weighted by atomic mass is 10.2. The van der Waals surface area contributed by atoms with E-state index in [0.717, 1.165) is 0 Å². The first-order valence-electron chi connectivity index (χ1n) is 5.62. The van der Waals surface area contributed by atoms with Gasteiger partial charge in [-0.25, -0.2) is 14.9 Å². The number of esters is 3. The maximum atomic E-state index is 11.6. The normalized spacial score (nSPS) is 23.4. The van der Waals surface area contributed by atoms with Gasteiger partial charge >= 0.3 is 17.9 Å². The highest BCUT2D eigenvalue weighted by molar-refractivity contribution is 5.86. The predicted molar refractivity (Wildman–Crippen MR) is 59.0 cm³/mol. The van der Waals surface area contributed by atoms with Crippen molar-refractivity contribution >= 4 is 17.9 Å². The average molecular weight is 259 g/mol. The van der Waals surface area contributed by atoms with Crippen LogP contribution < -0.4 is 5.32 Å². The molecule has 0 aromatic rings. The van der Waals surface area contributed by atoms with E-state index in [0.29, 0.717) is 0 Å². The molecular formula is C11H17NO6. The van der Waals surface area contributed by atoms with Crippen LogP contribution >= 0.6 is 0 Å². The van der Waals surface area contributed by atoms with Crippen molar-refractivity contribution in [2.45, 2.75) is 52.2 Å². The van der Waals surface area contributed by atoms with E-state index in [9.17, 15) is 14.4 Å². The van der Waals surface area contributed by atoms with Crippen LogP contribution in [-0.2, 0) is 28.6 Å². The summed E-state index contributed by atoms with van der Waals surface area (Å²) in [5.41, 5.74) is -0.691. The van der Waals surface area contributed by atoms with Crippen molar-refractivity contribution < 1.29 is 28.6 Å². The van der Waals surface area contributed by atoms with Gasteiger partial charge in [0, 0.05) is 6.42 Å². The number of carbonyl (C=O) groups is 3. The largest absolute Gasteiger partial charge is 0.456 e. The first kappa shape index (κ1) is 14.4. The molecule has 0 aromatic heterocycles. The topological polar surface area (TPSA) is 90.9 Å². The Labute approximate surface area is 105 Å². The van der Waals surface area contributed by atoms with E-state index < -0.39 is 36.0 Å². The standard InChI is InChI=1S/C11H17NO6/c1-5-6(13)16-7-9(14)17-8(12-7)10(15)18-11(2,3)4/h7-8,12H,5H2,1-4H3/t7-,8-/m0/s1. The summed E-state index contributed by atoms with van der Waals surface area (Å²) in [6, 6.07) is 0. The Hall–Kier alpha value is -1.63. The van der Waals surface area contributed by atoms with Crippen LogP contribution in [0.4, 0.5) is 0 Å². The zero-order chi connectivity index (χ0) is 13.9. The third kappa shape index (κ3) is 3.99. The lowest BCUT2D eigenvalue weighted by Crippen LogP contribution is -2.42. The zero-order valence-electron chi connectivity index (χ0n) is 10.8. The molecule has 0 amide bonds. The van der Waals surface area contributed by atoms with Gasteiger partial charge in [0.25, 0.3) is 12.5 Å². The van der Waals surface area contributed by atoms with Gasteiger partial charge in [-0.2, -0.15) is 0 Å². The van der Waals surface area contributed by atoms with Crippen molar-refractivity contribution in [1.82, 2.24) is 5.32 Å². The van der Waals surface area contributed by atoms with E-state index in [2.05, 4.69) is 5.32 Å². The summed E-state index contributed by atoms with van der Waals surface area (Å²) in [4.78, 5) is 34.0. The third-order valence-electron chi connectivity index (χ3n) is 1.91. The summed E-state index contributed by atoms with van der Waals surface area (Å²) in [7, 11) is 0. The summed E-state index contributed by atoms with van der Waals surface area (Å²) >= 11 is 0. The van der Waals surface area contributed by atoms with Crippen LogP contribution in [0.3, 0.4) is 0 Å². The molecule has 1 aliphatic heterocycles. The van der Waals surface area contributed by atoms with Crippen LogP contribution in [0.1, 0.15) is 34.1 Å². The Morgan fingerprint density at radius 2 is 2.00 bits per heavy atom. The molecule has 0 bridgehead atoms. The molecule has 7 nitrogen and oxygen atoms in total. The Morgan fingerprint density at radius 1 is 1.39 bits per heavy atom. The lowest BCUT2D eigenvalue weighted by Gasteiger charge is -2.21. The monoisotopic (exact) mass is 259 g/mol. The third-order valence-corrected chi connectivity index (χ3v) is 1.91. The van der Waals surface area contributed by atoms with E-state index in [4.69, 9.17) is 14.2 Å². The maximum absolute atomic E-state index is 11.6. The first-order chi connectivity index (χ1) is 8.23. The van der Waals surface area contributed by atoms with Gasteiger partial charge in [0.05, 0.1) is 0 Å². The van der Waals surface area contributed by atoms with Gasteiger partial charge in [0.1, 0.15) is 5.60 Å². The van der Waals surface area contributed by atoms with Gasteiger partial charge < -0.3 is 14.2 Å². The van der Waals surface area contributed by atoms with E-state index in [1.807, 2.05) is 0 Å². The van der Waals surface area contributed by atoms with Gasteiger partial charge in [-0.05, 0) is 20.8 Å². The Bertz CT molecular complexity index is 359. The average Bonchev–Trinajstić information content (AvgIpc) is 2.58. The molecule has 1 aliphatic rings. The molecule has 102 valence electrons. The van der Waals surface area contributed by atoms with Gasteiger partial charge in [-0.3, -0.25) is 4.79 Å². The first-order valence-corrected chi connectivity index (χ1v) is 5.62. The molecule has 18 heavy (non-hydrogen) atoms. The van der Waals surface area contributed by atoms with Crippen molar-refractivity contribution in [3.05, 3.63) is 0 Å². The van der Waals surface area contributed by atoms with Crippen molar-refractivity contribution in [3.8, 4) is 0 Å². The second-order valence-corrected chi connectivity index (χ2v) is 4.74. The van der Waals surface area contributed by atoms with Crippen LogP contribution in [0.2, 0.25) is 0 Å². The fraction of sp³-hybridized carbons (Fsp3) is 0.727. The minimum Gasteiger partial charge on any atom is -0.456 e. The highest BCUT2D eigenvalue weighted by Gasteiger charge is 2.42. The van der Waals surface area contributed by atoms with Crippen LogP contribution in [-0.4, -0.2) is 36.0 Å². The molecule has 1 N–H and O–H groups in total. The molecule has 2 atom stereocenters. The second-order valence-electron chi connectivity index (χ2n) is 4.74. The van der Waals surface area contributed by atoms with Crippen LogP contribution in [0.5, 0.6) is 0 Å².